The van der Waals surface area contributed by atoms with Gasteiger partial charge < -0.3 is 4.74 Å². The molecule has 8 heteroatoms. The van der Waals surface area contributed by atoms with Gasteiger partial charge in [0.15, 0.2) is 12.4 Å². The average molecular weight is 457 g/mol. The second-order valence-electron chi connectivity index (χ2n) is 8.12. The fraction of sp³-hybridized carbons (Fsp3) is 0.154. The lowest BCUT2D eigenvalue weighted by atomic mass is 9.82. The molecule has 3 aromatic carbocycles. The maximum Gasteiger partial charge on any atom is 0.345 e. The van der Waals surface area contributed by atoms with Gasteiger partial charge in [0.2, 0.25) is 11.6 Å². The first-order valence-electron chi connectivity index (χ1n) is 10.4. The Morgan fingerprint density at radius 3 is 2.06 bits per heavy atom. The van der Waals surface area contributed by atoms with Crippen LogP contribution in [0.5, 0.6) is 0 Å². The van der Waals surface area contributed by atoms with Gasteiger partial charge >= 0.3 is 5.97 Å². The minimum Gasteiger partial charge on any atom is -0.454 e. The first kappa shape index (κ1) is 22.7. The Morgan fingerprint density at radius 1 is 0.882 bits per heavy atom. The number of carbonyl (C=O) groups excluding carboxylic acids is 4. The molecule has 0 radical (unpaired) electrons. The van der Waals surface area contributed by atoms with Crippen molar-refractivity contribution in [1.82, 2.24) is 0 Å². The monoisotopic (exact) mass is 457 g/mol. The van der Waals surface area contributed by atoms with Gasteiger partial charge in [0.1, 0.15) is 11.1 Å². The van der Waals surface area contributed by atoms with E-state index >= 15 is 0 Å². The summed E-state index contributed by atoms with van der Waals surface area (Å²) >= 11 is 0. The second-order valence-corrected chi connectivity index (χ2v) is 8.12. The molecule has 0 amide bonds. The van der Waals surface area contributed by atoms with Gasteiger partial charge in [-0.3, -0.25) is 24.5 Å². The zero-order chi connectivity index (χ0) is 24.7. The fourth-order valence-electron chi connectivity index (χ4n) is 4.42. The Kier molecular flexibility index (Phi) is 5.66. The highest BCUT2D eigenvalue weighted by Crippen LogP contribution is 2.35. The van der Waals surface area contributed by atoms with Crippen molar-refractivity contribution in [3.8, 4) is 0 Å². The second kappa shape index (κ2) is 8.47. The summed E-state index contributed by atoms with van der Waals surface area (Å²) in [6.45, 7) is 4.80. The Labute approximate surface area is 194 Å². The van der Waals surface area contributed by atoms with E-state index in [1.807, 2.05) is 19.1 Å². The zero-order valence-corrected chi connectivity index (χ0v) is 18.6. The van der Waals surface area contributed by atoms with Crippen LogP contribution in [0.2, 0.25) is 0 Å². The molecular formula is C26H19NO7. The highest BCUT2D eigenvalue weighted by molar-refractivity contribution is 6.30. The molecule has 0 atom stereocenters. The molecule has 3 aromatic rings. The number of nitro benzene ring substituents is 1. The van der Waals surface area contributed by atoms with E-state index in [0.717, 1.165) is 22.8 Å². The standard InChI is InChI=1S/C26H19NO7/c1-13-10-14(2)21(15(3)11-13)20(28)12-34-26(31)19-9-8-18-22(23(19)27(32)33)25(30)17-7-5-4-6-16(17)24(18)29/h4-11H,12H2,1-3H3. The van der Waals surface area contributed by atoms with Crippen LogP contribution in [0.3, 0.4) is 0 Å². The number of hydrogen-bond acceptors (Lipinski definition) is 7. The van der Waals surface area contributed by atoms with Crippen molar-refractivity contribution in [2.75, 3.05) is 6.61 Å². The van der Waals surface area contributed by atoms with Gasteiger partial charge in [-0.1, -0.05) is 42.0 Å². The number of Topliss-reactive ketones (excluding diaryl/α,β-unsaturated/α-hetero) is 1. The molecule has 34 heavy (non-hydrogen) atoms. The summed E-state index contributed by atoms with van der Waals surface area (Å²) in [5.74, 6) is -2.87. The van der Waals surface area contributed by atoms with Crippen molar-refractivity contribution >= 4 is 29.0 Å². The molecule has 1 aliphatic carbocycles. The van der Waals surface area contributed by atoms with Crippen molar-refractivity contribution in [3.63, 3.8) is 0 Å². The highest BCUT2D eigenvalue weighted by Gasteiger charge is 2.39. The van der Waals surface area contributed by atoms with Gasteiger partial charge in [-0.15, -0.1) is 0 Å². The molecular weight excluding hydrogens is 438 g/mol. The van der Waals surface area contributed by atoms with Gasteiger partial charge in [0.25, 0.3) is 5.69 Å². The maximum absolute atomic E-state index is 13.0. The Balaban J connectivity index is 1.69. The van der Waals surface area contributed by atoms with E-state index in [4.69, 9.17) is 4.74 Å². The van der Waals surface area contributed by atoms with Gasteiger partial charge in [-0.25, -0.2) is 4.79 Å². The maximum atomic E-state index is 13.0. The predicted octanol–water partition coefficient (Wildman–Crippen LogP) is 4.34. The van der Waals surface area contributed by atoms with Crippen LogP contribution in [0.25, 0.3) is 0 Å². The lowest BCUT2D eigenvalue weighted by Gasteiger charge is -2.18. The zero-order valence-electron chi connectivity index (χ0n) is 18.6. The topological polar surface area (TPSA) is 121 Å². The molecule has 0 unspecified atom stereocenters. The molecule has 0 N–H and O–H groups in total. The van der Waals surface area contributed by atoms with Crippen LogP contribution in [0, 0.1) is 30.9 Å². The number of nitro groups is 1. The summed E-state index contributed by atoms with van der Waals surface area (Å²) in [6.07, 6.45) is 0. The van der Waals surface area contributed by atoms with E-state index in [0.29, 0.717) is 5.56 Å². The molecule has 4 rings (SSSR count). The van der Waals surface area contributed by atoms with E-state index < -0.39 is 51.7 Å². The molecule has 0 spiro atoms. The molecule has 0 heterocycles. The number of aryl methyl sites for hydroxylation is 3. The van der Waals surface area contributed by atoms with Gasteiger partial charge in [-0.05, 0) is 44.0 Å². The largest absolute Gasteiger partial charge is 0.454 e. The minimum absolute atomic E-state index is 0.0223. The number of carbonyl (C=O) groups is 4. The van der Waals surface area contributed by atoms with Crippen LogP contribution in [-0.2, 0) is 4.74 Å². The van der Waals surface area contributed by atoms with E-state index in [-0.39, 0.29) is 16.7 Å². The number of ether oxygens (including phenoxy) is 1. The third-order valence-corrected chi connectivity index (χ3v) is 5.76. The average Bonchev–Trinajstić information content (AvgIpc) is 2.79. The minimum atomic E-state index is -1.13. The predicted molar refractivity (Wildman–Crippen MR) is 122 cm³/mol. The Bertz CT molecular complexity index is 1410. The van der Waals surface area contributed by atoms with Crippen molar-refractivity contribution in [1.29, 1.82) is 0 Å². The smallest absolute Gasteiger partial charge is 0.345 e. The van der Waals surface area contributed by atoms with Crippen LogP contribution in [0.15, 0.2) is 48.5 Å². The van der Waals surface area contributed by atoms with Crippen molar-refractivity contribution in [2.45, 2.75) is 20.8 Å². The van der Waals surface area contributed by atoms with Crippen LogP contribution in [-0.4, -0.2) is 34.8 Å². The number of esters is 1. The van der Waals surface area contributed by atoms with E-state index in [1.54, 1.807) is 26.0 Å². The number of ketones is 3. The van der Waals surface area contributed by atoms with Crippen LogP contribution >= 0.6 is 0 Å². The van der Waals surface area contributed by atoms with Gasteiger partial charge in [0.05, 0.1) is 4.92 Å². The van der Waals surface area contributed by atoms with E-state index in [9.17, 15) is 29.3 Å². The summed E-state index contributed by atoms with van der Waals surface area (Å²) < 4.78 is 5.11. The summed E-state index contributed by atoms with van der Waals surface area (Å²) in [6, 6.07) is 11.9. The quantitative estimate of drug-likeness (QED) is 0.189. The molecule has 0 bridgehead atoms. The first-order valence-corrected chi connectivity index (χ1v) is 10.4. The summed E-state index contributed by atoms with van der Waals surface area (Å²) in [7, 11) is 0. The number of nitrogens with zero attached hydrogens (tertiary/aromatic N) is 1. The molecule has 0 fully saturated rings. The third kappa shape index (κ3) is 3.69. The van der Waals surface area contributed by atoms with Crippen molar-refractivity contribution in [2.24, 2.45) is 0 Å². The van der Waals surface area contributed by atoms with E-state index in [2.05, 4.69) is 0 Å². The molecule has 0 saturated heterocycles. The summed E-state index contributed by atoms with van der Waals surface area (Å²) in [5.41, 5.74) is 1.06. The van der Waals surface area contributed by atoms with Gasteiger partial charge in [-0.2, -0.15) is 0 Å². The molecule has 0 aliphatic heterocycles. The summed E-state index contributed by atoms with van der Waals surface area (Å²) in [4.78, 5) is 62.4. The summed E-state index contributed by atoms with van der Waals surface area (Å²) in [5, 5.41) is 11.9. The number of benzene rings is 3. The van der Waals surface area contributed by atoms with Crippen LogP contribution in [0.1, 0.15) is 69.2 Å². The first-order chi connectivity index (χ1) is 16.1. The highest BCUT2D eigenvalue weighted by atomic mass is 16.6. The molecule has 1 aliphatic rings. The molecule has 170 valence electrons. The number of hydrogen-bond donors (Lipinski definition) is 0. The normalized spacial score (nSPS) is 12.1. The fourth-order valence-corrected chi connectivity index (χ4v) is 4.42. The van der Waals surface area contributed by atoms with Crippen molar-refractivity contribution in [3.05, 3.63) is 109 Å². The molecule has 0 saturated carbocycles. The number of rotatable bonds is 5. The SMILES string of the molecule is Cc1cc(C)c(C(=O)COC(=O)c2ccc3c(c2[N+](=O)[O-])C(=O)c2ccccc2C3=O)c(C)c1. The lowest BCUT2D eigenvalue weighted by molar-refractivity contribution is -0.385. The Morgan fingerprint density at radius 2 is 1.47 bits per heavy atom. The Hall–Kier alpha value is -4.46. The molecule has 8 nitrogen and oxygen atoms in total. The van der Waals surface area contributed by atoms with Crippen LogP contribution < -0.4 is 0 Å². The molecule has 0 aromatic heterocycles. The van der Waals surface area contributed by atoms with E-state index in [1.165, 1.54) is 18.2 Å². The van der Waals surface area contributed by atoms with Crippen molar-refractivity contribution < 1.29 is 28.8 Å². The number of fused-ring (bicyclic) bond motifs is 2. The van der Waals surface area contributed by atoms with Gasteiger partial charge in [0, 0.05) is 22.3 Å². The van der Waals surface area contributed by atoms with Crippen LogP contribution in [0.4, 0.5) is 5.69 Å². The third-order valence-electron chi connectivity index (χ3n) is 5.76. The lowest BCUT2D eigenvalue weighted by Crippen LogP contribution is -2.24.